The summed E-state index contributed by atoms with van der Waals surface area (Å²) in [5.41, 5.74) is 0. The van der Waals surface area contributed by atoms with Crippen molar-refractivity contribution in [2.24, 2.45) is 0 Å². The summed E-state index contributed by atoms with van der Waals surface area (Å²) < 4.78 is 5.07. The van der Waals surface area contributed by atoms with Crippen LogP contribution in [0.15, 0.2) is 0 Å². The average molecular weight is 166 g/mol. The van der Waals surface area contributed by atoms with E-state index < -0.39 is 6.10 Å². The van der Waals surface area contributed by atoms with Gasteiger partial charge in [0.1, 0.15) is 0 Å². The van der Waals surface area contributed by atoms with Crippen LogP contribution in [0.2, 0.25) is 0 Å². The Kier molecular flexibility index (Phi) is 3.42. The van der Waals surface area contributed by atoms with Gasteiger partial charge in [-0.2, -0.15) is 0 Å². The summed E-state index contributed by atoms with van der Waals surface area (Å²) in [6, 6.07) is 0. The molecule has 1 heterocycles. The lowest BCUT2D eigenvalue weighted by molar-refractivity contribution is 0.0970. The average Bonchev–Trinajstić information content (AvgIpc) is 2.40. The molecular formula is C6H12ClNO2. The van der Waals surface area contributed by atoms with Crippen LogP contribution in [0.3, 0.4) is 0 Å². The monoisotopic (exact) mass is 165 g/mol. The van der Waals surface area contributed by atoms with Gasteiger partial charge in [-0.1, -0.05) is 0 Å². The molecule has 0 saturated carbocycles. The third kappa shape index (κ3) is 2.42. The fraction of sp³-hybridized carbons (Fsp3) is 1.00. The van der Waals surface area contributed by atoms with Crippen molar-refractivity contribution in [3.63, 3.8) is 0 Å². The first-order valence-electron chi connectivity index (χ1n) is 3.37. The van der Waals surface area contributed by atoms with Crippen molar-refractivity contribution in [1.29, 1.82) is 0 Å². The van der Waals surface area contributed by atoms with Crippen molar-refractivity contribution in [3.05, 3.63) is 0 Å². The number of rotatable bonds is 3. The molecule has 0 aliphatic carbocycles. The van der Waals surface area contributed by atoms with Gasteiger partial charge in [0.25, 0.3) is 0 Å². The van der Waals surface area contributed by atoms with Crippen molar-refractivity contribution in [3.8, 4) is 0 Å². The third-order valence-electron chi connectivity index (χ3n) is 1.47. The van der Waals surface area contributed by atoms with E-state index in [1.54, 1.807) is 0 Å². The molecule has 1 rings (SSSR count). The van der Waals surface area contributed by atoms with Crippen LogP contribution in [-0.4, -0.2) is 48.4 Å². The highest BCUT2D eigenvalue weighted by Crippen LogP contribution is 2.00. The van der Waals surface area contributed by atoms with Crippen molar-refractivity contribution in [1.82, 2.24) is 4.90 Å². The molecule has 0 spiro atoms. The Hall–Kier alpha value is 0.170. The summed E-state index contributed by atoms with van der Waals surface area (Å²) in [6.07, 6.45) is -0.414. The zero-order chi connectivity index (χ0) is 7.40. The summed E-state index contributed by atoms with van der Waals surface area (Å²) in [7, 11) is 0. The van der Waals surface area contributed by atoms with Gasteiger partial charge in [-0.3, -0.25) is 4.90 Å². The molecule has 1 unspecified atom stereocenters. The molecule has 0 radical (unpaired) electrons. The van der Waals surface area contributed by atoms with Crippen molar-refractivity contribution in [2.75, 3.05) is 32.3 Å². The highest BCUT2D eigenvalue weighted by atomic mass is 35.5. The minimum atomic E-state index is -0.414. The summed E-state index contributed by atoms with van der Waals surface area (Å²) >= 11 is 5.41. The van der Waals surface area contributed by atoms with Crippen LogP contribution in [0.5, 0.6) is 0 Å². The molecule has 0 amide bonds. The lowest BCUT2D eigenvalue weighted by atomic mass is 10.4. The van der Waals surface area contributed by atoms with Crippen LogP contribution in [0, 0.1) is 0 Å². The Morgan fingerprint density at radius 2 is 2.50 bits per heavy atom. The summed E-state index contributed by atoms with van der Waals surface area (Å²) in [6.45, 7) is 2.94. The number of ether oxygens (including phenoxy) is 1. The van der Waals surface area contributed by atoms with Crippen molar-refractivity contribution in [2.45, 2.75) is 6.10 Å². The van der Waals surface area contributed by atoms with E-state index >= 15 is 0 Å². The Labute approximate surface area is 65.5 Å². The van der Waals surface area contributed by atoms with E-state index in [0.29, 0.717) is 19.2 Å². The van der Waals surface area contributed by atoms with E-state index in [0.717, 1.165) is 13.2 Å². The molecule has 1 N–H and O–H groups in total. The molecule has 0 aromatic carbocycles. The number of β-amino-alcohol motifs (C(OH)–C–C–N with tert-alkyl or cyclic N) is 1. The largest absolute Gasteiger partial charge is 0.391 e. The van der Waals surface area contributed by atoms with Gasteiger partial charge in [0.2, 0.25) is 0 Å². The molecule has 3 nitrogen and oxygen atoms in total. The molecule has 0 aromatic rings. The van der Waals surface area contributed by atoms with Gasteiger partial charge < -0.3 is 9.84 Å². The van der Waals surface area contributed by atoms with E-state index in [-0.39, 0.29) is 0 Å². The van der Waals surface area contributed by atoms with E-state index in [4.69, 9.17) is 21.4 Å². The van der Waals surface area contributed by atoms with Gasteiger partial charge in [-0.05, 0) is 0 Å². The second-order valence-corrected chi connectivity index (χ2v) is 2.73. The number of aliphatic hydroxyl groups excluding tert-OH is 1. The summed E-state index contributed by atoms with van der Waals surface area (Å²) in [4.78, 5) is 2.03. The maximum atomic E-state index is 9.09. The molecule has 1 aliphatic rings. The van der Waals surface area contributed by atoms with Gasteiger partial charge in [0.15, 0.2) is 0 Å². The normalized spacial score (nSPS) is 23.4. The van der Waals surface area contributed by atoms with Gasteiger partial charge in [0.05, 0.1) is 19.4 Å². The Morgan fingerprint density at radius 1 is 1.70 bits per heavy atom. The van der Waals surface area contributed by atoms with Gasteiger partial charge in [0, 0.05) is 19.0 Å². The van der Waals surface area contributed by atoms with Crippen molar-refractivity contribution < 1.29 is 9.84 Å². The molecule has 10 heavy (non-hydrogen) atoms. The molecular weight excluding hydrogens is 154 g/mol. The molecule has 4 heteroatoms. The smallest absolute Gasteiger partial charge is 0.0992 e. The highest BCUT2D eigenvalue weighted by molar-refractivity contribution is 6.18. The first-order valence-corrected chi connectivity index (χ1v) is 3.90. The standard InChI is InChI=1S/C6H12ClNO2/c7-3-6(9)4-8-1-2-10-5-8/h6,9H,1-5H2. The Balaban J connectivity index is 2.11. The number of alkyl halides is 1. The predicted molar refractivity (Wildman–Crippen MR) is 39.1 cm³/mol. The molecule has 1 fully saturated rings. The number of nitrogens with zero attached hydrogens (tertiary/aromatic N) is 1. The zero-order valence-corrected chi connectivity index (χ0v) is 6.55. The van der Waals surface area contributed by atoms with E-state index in [1.807, 2.05) is 4.90 Å². The van der Waals surface area contributed by atoms with Crippen LogP contribution in [0.1, 0.15) is 0 Å². The van der Waals surface area contributed by atoms with Crippen LogP contribution in [0.4, 0.5) is 0 Å². The lowest BCUT2D eigenvalue weighted by Gasteiger charge is -2.15. The SMILES string of the molecule is OC(CCl)CN1CCOC1. The van der Waals surface area contributed by atoms with E-state index in [1.165, 1.54) is 0 Å². The summed E-state index contributed by atoms with van der Waals surface area (Å²) in [5, 5.41) is 9.09. The second-order valence-electron chi connectivity index (χ2n) is 2.42. The van der Waals surface area contributed by atoms with Gasteiger partial charge in [-0.25, -0.2) is 0 Å². The number of aliphatic hydroxyl groups is 1. The maximum absolute atomic E-state index is 9.09. The number of hydrogen-bond acceptors (Lipinski definition) is 3. The number of halogens is 1. The predicted octanol–water partition coefficient (Wildman–Crippen LogP) is -0.124. The topological polar surface area (TPSA) is 32.7 Å². The highest BCUT2D eigenvalue weighted by Gasteiger charge is 2.14. The van der Waals surface area contributed by atoms with Crippen LogP contribution in [0.25, 0.3) is 0 Å². The van der Waals surface area contributed by atoms with Crippen molar-refractivity contribution >= 4 is 11.6 Å². The fourth-order valence-electron chi connectivity index (χ4n) is 0.943. The van der Waals surface area contributed by atoms with Crippen LogP contribution < -0.4 is 0 Å². The first kappa shape index (κ1) is 8.27. The van der Waals surface area contributed by atoms with Gasteiger partial charge in [-0.15, -0.1) is 11.6 Å². The van der Waals surface area contributed by atoms with E-state index in [9.17, 15) is 0 Å². The molecule has 1 saturated heterocycles. The molecule has 0 bridgehead atoms. The van der Waals surface area contributed by atoms with Crippen LogP contribution in [-0.2, 0) is 4.74 Å². The Morgan fingerprint density at radius 3 is 3.00 bits per heavy atom. The lowest BCUT2D eigenvalue weighted by Crippen LogP contribution is -2.31. The quantitative estimate of drug-likeness (QED) is 0.592. The fourth-order valence-corrected chi connectivity index (χ4v) is 1.04. The minimum Gasteiger partial charge on any atom is -0.391 e. The molecule has 1 atom stereocenters. The molecule has 1 aliphatic heterocycles. The minimum absolute atomic E-state index is 0.302. The maximum Gasteiger partial charge on any atom is 0.0992 e. The van der Waals surface area contributed by atoms with Gasteiger partial charge >= 0.3 is 0 Å². The second kappa shape index (κ2) is 4.13. The summed E-state index contributed by atoms with van der Waals surface area (Å²) in [5.74, 6) is 0.302. The molecule has 60 valence electrons. The first-order chi connectivity index (χ1) is 4.83. The number of hydrogen-bond donors (Lipinski definition) is 1. The Bertz CT molecular complexity index is 95.7. The zero-order valence-electron chi connectivity index (χ0n) is 5.79. The molecule has 0 aromatic heterocycles. The van der Waals surface area contributed by atoms with Crippen LogP contribution >= 0.6 is 11.6 Å². The third-order valence-corrected chi connectivity index (χ3v) is 1.83. The van der Waals surface area contributed by atoms with E-state index in [2.05, 4.69) is 0 Å².